The van der Waals surface area contributed by atoms with E-state index in [0.29, 0.717) is 18.5 Å². The summed E-state index contributed by atoms with van der Waals surface area (Å²) in [5, 5.41) is 7.03. The lowest BCUT2D eigenvalue weighted by atomic mass is 10.0. The highest BCUT2D eigenvalue weighted by Gasteiger charge is 2.16. The number of amides is 1. The van der Waals surface area contributed by atoms with E-state index in [0.717, 1.165) is 13.0 Å². The molecule has 1 rings (SSSR count). The van der Waals surface area contributed by atoms with Gasteiger partial charge in [0.2, 0.25) is 5.91 Å². The molecule has 0 aromatic rings. The minimum absolute atomic E-state index is 0.174. The first-order chi connectivity index (χ1) is 8.08. The van der Waals surface area contributed by atoms with E-state index in [2.05, 4.69) is 17.6 Å². The van der Waals surface area contributed by atoms with Gasteiger partial charge in [-0.3, -0.25) is 4.79 Å². The average Bonchev–Trinajstić information content (AvgIpc) is 2.44. The fraction of sp³-hybridized carbons (Fsp3) is 0.923. The Bertz CT molecular complexity index is 225. The highest BCUT2D eigenvalue weighted by Crippen LogP contribution is 2.12. The van der Waals surface area contributed by atoms with Gasteiger partial charge < -0.3 is 16.4 Å². The zero-order chi connectivity index (χ0) is 12.7. The Morgan fingerprint density at radius 2 is 2.12 bits per heavy atom. The molecule has 4 heteroatoms. The summed E-state index contributed by atoms with van der Waals surface area (Å²) >= 11 is 0. The molecule has 17 heavy (non-hydrogen) atoms. The molecule has 0 saturated carbocycles. The SMILES string of the molecule is CC(CC(N)=O)NC(C)CC1CCCCCN1. The summed E-state index contributed by atoms with van der Waals surface area (Å²) < 4.78 is 0. The Balaban J connectivity index is 2.22. The van der Waals surface area contributed by atoms with Crippen LogP contribution in [0.2, 0.25) is 0 Å². The van der Waals surface area contributed by atoms with E-state index >= 15 is 0 Å². The number of nitrogens with two attached hydrogens (primary N) is 1. The smallest absolute Gasteiger partial charge is 0.218 e. The van der Waals surface area contributed by atoms with Crippen LogP contribution < -0.4 is 16.4 Å². The summed E-state index contributed by atoms with van der Waals surface area (Å²) in [6.07, 6.45) is 6.81. The Kier molecular flexibility index (Phi) is 6.52. The third kappa shape index (κ3) is 6.64. The minimum Gasteiger partial charge on any atom is -0.370 e. The predicted molar refractivity (Wildman–Crippen MR) is 70.7 cm³/mol. The standard InChI is InChI=1S/C13H27N3O/c1-10(16-11(2)9-13(14)17)8-12-6-4-3-5-7-15-12/h10-12,15-16H,3-9H2,1-2H3,(H2,14,17). The topological polar surface area (TPSA) is 67.2 Å². The number of primary amides is 1. The van der Waals surface area contributed by atoms with Crippen LogP contribution in [0.4, 0.5) is 0 Å². The first-order valence-corrected chi connectivity index (χ1v) is 6.85. The molecule has 1 fully saturated rings. The van der Waals surface area contributed by atoms with Gasteiger partial charge >= 0.3 is 0 Å². The van der Waals surface area contributed by atoms with Crippen LogP contribution in [0.15, 0.2) is 0 Å². The Labute approximate surface area is 105 Å². The average molecular weight is 241 g/mol. The second-order valence-corrected chi connectivity index (χ2v) is 5.38. The molecular formula is C13H27N3O. The molecule has 1 aliphatic heterocycles. The minimum atomic E-state index is -0.232. The van der Waals surface area contributed by atoms with Gasteiger partial charge in [0.25, 0.3) is 0 Å². The summed E-state index contributed by atoms with van der Waals surface area (Å²) in [5.74, 6) is -0.232. The quantitative estimate of drug-likeness (QED) is 0.653. The normalized spacial score (nSPS) is 24.9. The fourth-order valence-electron chi connectivity index (χ4n) is 2.64. The van der Waals surface area contributed by atoms with Gasteiger partial charge in [0.1, 0.15) is 0 Å². The summed E-state index contributed by atoms with van der Waals surface area (Å²) in [7, 11) is 0. The molecule has 4 N–H and O–H groups in total. The lowest BCUT2D eigenvalue weighted by Gasteiger charge is -2.24. The molecule has 0 radical (unpaired) electrons. The van der Waals surface area contributed by atoms with Gasteiger partial charge in [-0.2, -0.15) is 0 Å². The highest BCUT2D eigenvalue weighted by molar-refractivity contribution is 5.74. The summed E-state index contributed by atoms with van der Waals surface area (Å²) in [6, 6.07) is 1.23. The van der Waals surface area contributed by atoms with Gasteiger partial charge in [0.15, 0.2) is 0 Å². The van der Waals surface area contributed by atoms with Crippen LogP contribution in [-0.4, -0.2) is 30.6 Å². The van der Waals surface area contributed by atoms with E-state index < -0.39 is 0 Å². The van der Waals surface area contributed by atoms with Crippen molar-refractivity contribution < 1.29 is 4.79 Å². The van der Waals surface area contributed by atoms with Crippen molar-refractivity contribution >= 4 is 5.91 Å². The number of carbonyl (C=O) groups excluding carboxylic acids is 1. The first kappa shape index (κ1) is 14.5. The fourth-order valence-corrected chi connectivity index (χ4v) is 2.64. The molecule has 3 unspecified atom stereocenters. The number of nitrogens with one attached hydrogen (secondary N) is 2. The molecule has 3 atom stereocenters. The lowest BCUT2D eigenvalue weighted by molar-refractivity contribution is -0.118. The van der Waals surface area contributed by atoms with Crippen molar-refractivity contribution in [1.29, 1.82) is 0 Å². The molecule has 1 saturated heterocycles. The lowest BCUT2D eigenvalue weighted by Crippen LogP contribution is -2.41. The van der Waals surface area contributed by atoms with Crippen LogP contribution in [0.5, 0.6) is 0 Å². The van der Waals surface area contributed by atoms with Gasteiger partial charge in [-0.05, 0) is 39.7 Å². The van der Waals surface area contributed by atoms with Crippen molar-refractivity contribution in [2.75, 3.05) is 6.54 Å². The zero-order valence-corrected chi connectivity index (χ0v) is 11.2. The van der Waals surface area contributed by atoms with E-state index in [1.807, 2.05) is 6.92 Å². The molecular weight excluding hydrogens is 214 g/mol. The monoisotopic (exact) mass is 241 g/mol. The molecule has 0 aliphatic carbocycles. The van der Waals surface area contributed by atoms with Crippen molar-refractivity contribution in [3.05, 3.63) is 0 Å². The Morgan fingerprint density at radius 1 is 1.35 bits per heavy atom. The summed E-state index contributed by atoms with van der Waals surface area (Å²) in [5.41, 5.74) is 5.18. The van der Waals surface area contributed by atoms with Crippen LogP contribution in [0.25, 0.3) is 0 Å². The van der Waals surface area contributed by atoms with Crippen LogP contribution in [0.3, 0.4) is 0 Å². The zero-order valence-electron chi connectivity index (χ0n) is 11.2. The largest absolute Gasteiger partial charge is 0.370 e. The number of rotatable bonds is 6. The van der Waals surface area contributed by atoms with Gasteiger partial charge in [0, 0.05) is 24.5 Å². The maximum absolute atomic E-state index is 10.8. The van der Waals surface area contributed by atoms with Crippen molar-refractivity contribution in [1.82, 2.24) is 10.6 Å². The molecule has 1 heterocycles. The van der Waals surface area contributed by atoms with Gasteiger partial charge in [-0.1, -0.05) is 12.8 Å². The van der Waals surface area contributed by atoms with Crippen LogP contribution in [-0.2, 0) is 4.79 Å². The van der Waals surface area contributed by atoms with Gasteiger partial charge in [0.05, 0.1) is 0 Å². The Hall–Kier alpha value is -0.610. The van der Waals surface area contributed by atoms with Gasteiger partial charge in [-0.25, -0.2) is 0 Å². The summed E-state index contributed by atoms with van der Waals surface area (Å²) in [6.45, 7) is 5.35. The molecule has 0 aromatic carbocycles. The number of hydrogen-bond acceptors (Lipinski definition) is 3. The molecule has 100 valence electrons. The Morgan fingerprint density at radius 3 is 2.82 bits per heavy atom. The molecule has 0 bridgehead atoms. The molecule has 4 nitrogen and oxygen atoms in total. The van der Waals surface area contributed by atoms with Crippen molar-refractivity contribution in [2.24, 2.45) is 5.73 Å². The van der Waals surface area contributed by atoms with E-state index in [9.17, 15) is 4.79 Å². The van der Waals surface area contributed by atoms with Crippen LogP contribution in [0, 0.1) is 0 Å². The van der Waals surface area contributed by atoms with Gasteiger partial charge in [-0.15, -0.1) is 0 Å². The molecule has 1 aliphatic rings. The van der Waals surface area contributed by atoms with E-state index in [1.54, 1.807) is 0 Å². The van der Waals surface area contributed by atoms with Crippen molar-refractivity contribution in [2.45, 2.75) is 70.5 Å². The maximum Gasteiger partial charge on any atom is 0.218 e. The molecule has 0 spiro atoms. The number of carbonyl (C=O) groups is 1. The third-order valence-electron chi connectivity index (χ3n) is 3.38. The van der Waals surface area contributed by atoms with E-state index in [-0.39, 0.29) is 11.9 Å². The van der Waals surface area contributed by atoms with Crippen LogP contribution in [0.1, 0.15) is 52.4 Å². The first-order valence-electron chi connectivity index (χ1n) is 6.85. The second-order valence-electron chi connectivity index (χ2n) is 5.38. The van der Waals surface area contributed by atoms with Crippen LogP contribution >= 0.6 is 0 Å². The second kappa shape index (κ2) is 7.67. The highest BCUT2D eigenvalue weighted by atomic mass is 16.1. The van der Waals surface area contributed by atoms with Crippen molar-refractivity contribution in [3.8, 4) is 0 Å². The predicted octanol–water partition coefficient (Wildman–Crippen LogP) is 1.15. The van der Waals surface area contributed by atoms with E-state index in [1.165, 1.54) is 25.7 Å². The third-order valence-corrected chi connectivity index (χ3v) is 3.38. The molecule has 1 amide bonds. The molecule has 0 aromatic heterocycles. The number of hydrogen-bond donors (Lipinski definition) is 3. The summed E-state index contributed by atoms with van der Waals surface area (Å²) in [4.78, 5) is 10.8. The maximum atomic E-state index is 10.8. The van der Waals surface area contributed by atoms with E-state index in [4.69, 9.17) is 5.73 Å². The van der Waals surface area contributed by atoms with Crippen molar-refractivity contribution in [3.63, 3.8) is 0 Å².